The molecule has 0 spiro atoms. The molecule has 0 saturated carbocycles. The van der Waals surface area contributed by atoms with Crippen LogP contribution in [0.5, 0.6) is 0 Å². The predicted molar refractivity (Wildman–Crippen MR) is 179 cm³/mol. The molecule has 0 radical (unpaired) electrons. The molecule has 0 bridgehead atoms. The second-order valence-electron chi connectivity index (χ2n) is 12.1. The van der Waals surface area contributed by atoms with Crippen molar-refractivity contribution in [2.45, 2.75) is 170 Å². The van der Waals surface area contributed by atoms with Crippen LogP contribution in [0.3, 0.4) is 0 Å². The molecule has 0 rings (SSSR count). The van der Waals surface area contributed by atoms with Gasteiger partial charge < -0.3 is 4.74 Å². The van der Waals surface area contributed by atoms with Crippen molar-refractivity contribution in [3.63, 3.8) is 0 Å². The fraction of sp³-hybridized carbons (Fsp3) is 0.711. The summed E-state index contributed by atoms with van der Waals surface area (Å²) in [4.78, 5) is 12.0. The Balaban J connectivity index is 3.70. The molecule has 0 saturated heterocycles. The van der Waals surface area contributed by atoms with E-state index in [1.165, 1.54) is 99.3 Å². The van der Waals surface area contributed by atoms with Crippen molar-refractivity contribution in [3.8, 4) is 0 Å². The molecule has 0 atom stereocenters. The zero-order valence-corrected chi connectivity index (χ0v) is 27.6. The molecule has 230 valence electrons. The van der Waals surface area contributed by atoms with Gasteiger partial charge in [-0.1, -0.05) is 111 Å². The lowest BCUT2D eigenvalue weighted by molar-refractivity contribution is -0.142. The Labute approximate surface area is 250 Å². The van der Waals surface area contributed by atoms with Gasteiger partial charge in [-0.3, -0.25) is 4.79 Å². The van der Waals surface area contributed by atoms with Gasteiger partial charge in [-0.05, 0) is 111 Å². The van der Waals surface area contributed by atoms with E-state index in [1.54, 1.807) is 0 Å². The highest BCUT2D eigenvalue weighted by Crippen LogP contribution is 2.14. The largest absolute Gasteiger partial charge is 0.461 e. The van der Waals surface area contributed by atoms with E-state index in [2.05, 4.69) is 78.0 Å². The summed E-state index contributed by atoms with van der Waals surface area (Å²) in [6.07, 6.45) is 37.6. The van der Waals surface area contributed by atoms with E-state index in [1.807, 2.05) is 0 Å². The van der Waals surface area contributed by atoms with E-state index in [9.17, 15) is 4.79 Å². The summed E-state index contributed by atoms with van der Waals surface area (Å²) in [6, 6.07) is 0. The average Bonchev–Trinajstić information content (AvgIpc) is 2.90. The fourth-order valence-electron chi connectivity index (χ4n) is 4.68. The van der Waals surface area contributed by atoms with Gasteiger partial charge in [0.05, 0.1) is 0 Å². The number of esters is 1. The molecule has 2 heteroatoms. The smallest absolute Gasteiger partial charge is 0.306 e. The van der Waals surface area contributed by atoms with Crippen molar-refractivity contribution in [1.82, 2.24) is 0 Å². The molecule has 0 fully saturated rings. The monoisotopic (exact) mass is 555 g/mol. The molecule has 0 aromatic rings. The first-order valence-corrected chi connectivity index (χ1v) is 16.8. The Hall–Kier alpha value is -1.83. The van der Waals surface area contributed by atoms with Crippen LogP contribution in [0.25, 0.3) is 0 Å². The number of rotatable bonds is 26. The van der Waals surface area contributed by atoms with E-state index in [0.29, 0.717) is 13.0 Å². The molecular formula is C38H66O2. The minimum Gasteiger partial charge on any atom is -0.461 e. The minimum absolute atomic E-state index is 0.0505. The van der Waals surface area contributed by atoms with Crippen molar-refractivity contribution < 1.29 is 9.53 Å². The molecule has 40 heavy (non-hydrogen) atoms. The van der Waals surface area contributed by atoms with Gasteiger partial charge in [-0.15, -0.1) is 0 Å². The van der Waals surface area contributed by atoms with Crippen LogP contribution in [0.1, 0.15) is 170 Å². The standard InChI is InChI=1S/C38H66O2/c1-7-8-9-10-11-12-13-14-15-16-17-18-19-20-21-31-38(39)40-33-32-37(6)30-24-29-36(5)28-23-27-35(4)26-22-25-34(2)3/h12-13,25,27,29,32H,7-11,14-24,26,28,30-31,33H2,1-6H3/b13-12-,35-27+,36-29+,37-32+. The maximum Gasteiger partial charge on any atom is 0.306 e. The maximum atomic E-state index is 12.0. The lowest BCUT2D eigenvalue weighted by Gasteiger charge is -2.05. The third kappa shape index (κ3) is 29.2. The number of unbranched alkanes of at least 4 members (excludes halogenated alkanes) is 11. The number of hydrogen-bond donors (Lipinski definition) is 0. The van der Waals surface area contributed by atoms with Crippen molar-refractivity contribution in [2.24, 2.45) is 0 Å². The molecular weight excluding hydrogens is 488 g/mol. The summed E-state index contributed by atoms with van der Waals surface area (Å²) < 4.78 is 5.43. The summed E-state index contributed by atoms with van der Waals surface area (Å²) in [5, 5.41) is 0. The van der Waals surface area contributed by atoms with Crippen LogP contribution >= 0.6 is 0 Å². The highest BCUT2D eigenvalue weighted by atomic mass is 16.5. The maximum absolute atomic E-state index is 12.0. The van der Waals surface area contributed by atoms with E-state index < -0.39 is 0 Å². The normalized spacial score (nSPS) is 12.8. The minimum atomic E-state index is -0.0505. The second kappa shape index (κ2) is 28.7. The first-order chi connectivity index (χ1) is 19.3. The zero-order chi connectivity index (χ0) is 29.7. The quantitative estimate of drug-likeness (QED) is 0.0603. The molecule has 0 aliphatic carbocycles. The molecule has 0 unspecified atom stereocenters. The van der Waals surface area contributed by atoms with Crippen LogP contribution in [-0.2, 0) is 9.53 Å². The third-order valence-corrected chi connectivity index (χ3v) is 7.47. The van der Waals surface area contributed by atoms with Gasteiger partial charge in [0.2, 0.25) is 0 Å². The Morgan fingerprint density at radius 1 is 0.500 bits per heavy atom. The van der Waals surface area contributed by atoms with Crippen molar-refractivity contribution in [3.05, 3.63) is 58.7 Å². The summed E-state index contributed by atoms with van der Waals surface area (Å²) in [5.41, 5.74) is 5.67. The highest BCUT2D eigenvalue weighted by molar-refractivity contribution is 5.69. The number of carbonyl (C=O) groups excluding carboxylic acids is 1. The Kier molecular flexibility index (Phi) is 27.4. The van der Waals surface area contributed by atoms with Crippen molar-refractivity contribution in [1.29, 1.82) is 0 Å². The van der Waals surface area contributed by atoms with E-state index >= 15 is 0 Å². The summed E-state index contributed by atoms with van der Waals surface area (Å²) in [7, 11) is 0. The first-order valence-electron chi connectivity index (χ1n) is 16.8. The van der Waals surface area contributed by atoms with Gasteiger partial charge in [0.1, 0.15) is 6.61 Å². The van der Waals surface area contributed by atoms with Gasteiger partial charge >= 0.3 is 5.97 Å². The van der Waals surface area contributed by atoms with Crippen molar-refractivity contribution in [2.75, 3.05) is 6.61 Å². The van der Waals surface area contributed by atoms with Gasteiger partial charge in [-0.2, -0.15) is 0 Å². The number of carbonyl (C=O) groups is 1. The zero-order valence-electron chi connectivity index (χ0n) is 27.6. The number of ether oxygens (including phenoxy) is 1. The molecule has 0 aromatic carbocycles. The summed E-state index contributed by atoms with van der Waals surface area (Å²) >= 11 is 0. The summed E-state index contributed by atoms with van der Waals surface area (Å²) in [6.45, 7) is 13.6. The van der Waals surface area contributed by atoms with Crippen LogP contribution in [0, 0.1) is 0 Å². The van der Waals surface area contributed by atoms with Crippen molar-refractivity contribution >= 4 is 5.97 Å². The number of allylic oxidation sites excluding steroid dienone is 9. The first kappa shape index (κ1) is 38.2. The van der Waals surface area contributed by atoms with E-state index in [0.717, 1.165) is 44.9 Å². The van der Waals surface area contributed by atoms with Gasteiger partial charge in [0.25, 0.3) is 0 Å². The number of hydrogen-bond acceptors (Lipinski definition) is 2. The average molecular weight is 555 g/mol. The lowest BCUT2D eigenvalue weighted by atomic mass is 10.0. The lowest BCUT2D eigenvalue weighted by Crippen LogP contribution is -2.04. The third-order valence-electron chi connectivity index (χ3n) is 7.47. The second-order valence-corrected chi connectivity index (χ2v) is 12.1. The molecule has 0 amide bonds. The molecule has 2 nitrogen and oxygen atoms in total. The van der Waals surface area contributed by atoms with Gasteiger partial charge in [0, 0.05) is 6.42 Å². The van der Waals surface area contributed by atoms with Crippen LogP contribution in [-0.4, -0.2) is 12.6 Å². The SMILES string of the molecule is CCCCCC/C=C\CCCCCCCCCC(=O)OC/C=C(\C)CC/C=C(\C)CC/C=C(\C)CCC=C(C)C. The van der Waals surface area contributed by atoms with Crippen LogP contribution in [0.2, 0.25) is 0 Å². The Morgan fingerprint density at radius 3 is 1.48 bits per heavy atom. The van der Waals surface area contributed by atoms with Crippen LogP contribution < -0.4 is 0 Å². The highest BCUT2D eigenvalue weighted by Gasteiger charge is 2.02. The van der Waals surface area contributed by atoms with Gasteiger partial charge in [0.15, 0.2) is 0 Å². The molecule has 0 N–H and O–H groups in total. The molecule has 0 heterocycles. The van der Waals surface area contributed by atoms with Gasteiger partial charge in [-0.25, -0.2) is 0 Å². The van der Waals surface area contributed by atoms with E-state index in [-0.39, 0.29) is 5.97 Å². The predicted octanol–water partition coefficient (Wildman–Crippen LogP) is 12.7. The molecule has 0 aliphatic heterocycles. The van der Waals surface area contributed by atoms with E-state index in [4.69, 9.17) is 4.74 Å². The van der Waals surface area contributed by atoms with Crippen LogP contribution in [0.15, 0.2) is 58.7 Å². The fourth-order valence-corrected chi connectivity index (χ4v) is 4.68. The summed E-state index contributed by atoms with van der Waals surface area (Å²) in [5.74, 6) is -0.0505. The van der Waals surface area contributed by atoms with Crippen LogP contribution in [0.4, 0.5) is 0 Å². The molecule has 0 aromatic heterocycles. The topological polar surface area (TPSA) is 26.3 Å². The Bertz CT molecular complexity index is 758. The Morgan fingerprint density at radius 2 is 0.950 bits per heavy atom. The molecule has 0 aliphatic rings.